The molecule has 25 heavy (non-hydrogen) atoms. The number of amides is 1. The van der Waals surface area contributed by atoms with Crippen LogP contribution in [0.25, 0.3) is 0 Å². The highest BCUT2D eigenvalue weighted by atomic mass is 16.5. The fraction of sp³-hybridized carbons (Fsp3) is 0.600. The van der Waals surface area contributed by atoms with E-state index in [9.17, 15) is 9.59 Å². The van der Waals surface area contributed by atoms with Crippen LogP contribution in [0.4, 0.5) is 0 Å². The minimum atomic E-state index is -0.528. The molecule has 1 saturated carbocycles. The zero-order chi connectivity index (χ0) is 17.8. The molecule has 1 aromatic carbocycles. The van der Waals surface area contributed by atoms with E-state index in [1.807, 2.05) is 30.3 Å². The molecule has 3 rings (SSSR count). The van der Waals surface area contributed by atoms with Crippen LogP contribution in [0.3, 0.4) is 0 Å². The quantitative estimate of drug-likeness (QED) is 0.862. The van der Waals surface area contributed by atoms with Crippen LogP contribution in [0.5, 0.6) is 0 Å². The number of Topliss-reactive ketones (excluding diaryl/α,β-unsaturated/α-hetero) is 1. The zero-order valence-corrected chi connectivity index (χ0v) is 15.1. The van der Waals surface area contributed by atoms with Crippen LogP contribution in [-0.2, 0) is 20.9 Å². The Labute approximate surface area is 149 Å². The number of rotatable bonds is 6. The van der Waals surface area contributed by atoms with E-state index < -0.39 is 6.10 Å². The number of carbonyl (C=O) groups is 2. The largest absolute Gasteiger partial charge is 0.364 e. The van der Waals surface area contributed by atoms with Gasteiger partial charge >= 0.3 is 0 Å². The number of nitrogens with one attached hydrogen (secondary N) is 1. The predicted octanol–water partition coefficient (Wildman–Crippen LogP) is 2.70. The van der Waals surface area contributed by atoms with Crippen LogP contribution < -0.4 is 5.43 Å². The van der Waals surface area contributed by atoms with Crippen molar-refractivity contribution in [3.63, 3.8) is 0 Å². The Balaban J connectivity index is 1.70. The lowest BCUT2D eigenvalue weighted by Crippen LogP contribution is -2.60. The standard InChI is InChI=1S/C20H28N2O3/c1-14(2)12-18(25-13-15-6-4-3-5-7-15)20(24)22-19-16(10-11-21-22)8-9-17(19)23/h3-7,14,16,18-19,21H,8-13H2,1-2H3/t16-,18+,19+/m1/s1. The monoisotopic (exact) mass is 344 g/mol. The number of ketones is 1. The Morgan fingerprint density at radius 2 is 2.04 bits per heavy atom. The molecule has 2 aliphatic rings. The number of benzene rings is 1. The lowest BCUT2D eigenvalue weighted by molar-refractivity contribution is -0.158. The summed E-state index contributed by atoms with van der Waals surface area (Å²) in [5.74, 6) is 0.711. The molecule has 1 aliphatic carbocycles. The molecule has 0 unspecified atom stereocenters. The summed E-state index contributed by atoms with van der Waals surface area (Å²) >= 11 is 0. The highest BCUT2D eigenvalue weighted by Crippen LogP contribution is 2.32. The van der Waals surface area contributed by atoms with Gasteiger partial charge in [-0.15, -0.1) is 0 Å². The molecule has 0 aromatic heterocycles. The van der Waals surface area contributed by atoms with Gasteiger partial charge in [0.1, 0.15) is 12.1 Å². The second kappa shape index (κ2) is 8.11. The molecule has 0 radical (unpaired) electrons. The first-order valence-electron chi connectivity index (χ1n) is 9.31. The lowest BCUT2D eigenvalue weighted by atomic mass is 9.95. The van der Waals surface area contributed by atoms with Crippen LogP contribution in [0.1, 0.15) is 45.1 Å². The fourth-order valence-electron chi connectivity index (χ4n) is 3.83. The number of hydrazine groups is 1. The summed E-state index contributed by atoms with van der Waals surface area (Å²) in [7, 11) is 0. The Bertz CT molecular complexity index is 602. The van der Waals surface area contributed by atoms with Gasteiger partial charge in [-0.05, 0) is 36.7 Å². The van der Waals surface area contributed by atoms with Gasteiger partial charge in [-0.3, -0.25) is 14.6 Å². The maximum atomic E-state index is 13.1. The Morgan fingerprint density at radius 3 is 2.76 bits per heavy atom. The van der Waals surface area contributed by atoms with Crippen LogP contribution in [-0.4, -0.2) is 35.4 Å². The molecule has 1 heterocycles. The normalized spacial score (nSPS) is 24.4. The molecule has 136 valence electrons. The first-order valence-corrected chi connectivity index (χ1v) is 9.31. The molecule has 5 nitrogen and oxygen atoms in total. The highest BCUT2D eigenvalue weighted by molar-refractivity contribution is 5.92. The molecule has 2 fully saturated rings. The van der Waals surface area contributed by atoms with E-state index in [0.29, 0.717) is 31.3 Å². The third kappa shape index (κ3) is 4.28. The highest BCUT2D eigenvalue weighted by Gasteiger charge is 2.45. The summed E-state index contributed by atoms with van der Waals surface area (Å²) in [4.78, 5) is 25.4. The number of nitrogens with zero attached hydrogens (tertiary/aromatic N) is 1. The zero-order valence-electron chi connectivity index (χ0n) is 15.1. The maximum Gasteiger partial charge on any atom is 0.266 e. The van der Waals surface area contributed by atoms with Gasteiger partial charge in [-0.1, -0.05) is 44.2 Å². The van der Waals surface area contributed by atoms with E-state index in [4.69, 9.17) is 4.74 Å². The van der Waals surface area contributed by atoms with Crippen LogP contribution in [0, 0.1) is 11.8 Å². The van der Waals surface area contributed by atoms with E-state index in [-0.39, 0.29) is 17.7 Å². The predicted molar refractivity (Wildman–Crippen MR) is 95.5 cm³/mol. The van der Waals surface area contributed by atoms with E-state index in [1.165, 1.54) is 0 Å². The topological polar surface area (TPSA) is 58.6 Å². The van der Waals surface area contributed by atoms with Crippen LogP contribution in [0.15, 0.2) is 30.3 Å². The van der Waals surface area contributed by atoms with Crippen molar-refractivity contribution in [3.05, 3.63) is 35.9 Å². The smallest absolute Gasteiger partial charge is 0.266 e. The molecule has 0 spiro atoms. The Morgan fingerprint density at radius 1 is 1.28 bits per heavy atom. The summed E-state index contributed by atoms with van der Waals surface area (Å²) in [6, 6.07) is 9.57. The first-order chi connectivity index (χ1) is 12.1. The average Bonchev–Trinajstić information content (AvgIpc) is 3.00. The van der Waals surface area contributed by atoms with Gasteiger partial charge in [0, 0.05) is 13.0 Å². The van der Waals surface area contributed by atoms with Gasteiger partial charge in [-0.25, -0.2) is 5.43 Å². The minimum absolute atomic E-state index is 0.102. The third-order valence-corrected chi connectivity index (χ3v) is 5.11. The van der Waals surface area contributed by atoms with Crippen molar-refractivity contribution >= 4 is 11.7 Å². The van der Waals surface area contributed by atoms with E-state index in [1.54, 1.807) is 5.01 Å². The number of hydrogen-bond donors (Lipinski definition) is 1. The molecule has 1 aliphatic heterocycles. The molecule has 1 saturated heterocycles. The SMILES string of the molecule is CC(C)C[C@H](OCc1ccccc1)C(=O)N1NCC[C@H]2CCC(=O)[C@H]21. The number of ether oxygens (including phenoxy) is 1. The lowest BCUT2D eigenvalue weighted by Gasteiger charge is -2.39. The van der Waals surface area contributed by atoms with E-state index in [0.717, 1.165) is 24.9 Å². The van der Waals surface area contributed by atoms with Crippen molar-refractivity contribution in [1.82, 2.24) is 10.4 Å². The van der Waals surface area contributed by atoms with Gasteiger partial charge < -0.3 is 4.74 Å². The molecule has 1 amide bonds. The Kier molecular flexibility index (Phi) is 5.86. The van der Waals surface area contributed by atoms with Crippen molar-refractivity contribution in [3.8, 4) is 0 Å². The first kappa shape index (κ1) is 18.1. The van der Waals surface area contributed by atoms with Crippen molar-refractivity contribution in [2.45, 2.75) is 58.3 Å². The summed E-state index contributed by atoms with van der Waals surface area (Å²) in [5, 5.41) is 1.58. The number of carbonyl (C=O) groups excluding carboxylic acids is 2. The average molecular weight is 344 g/mol. The second-order valence-corrected chi connectivity index (χ2v) is 7.53. The van der Waals surface area contributed by atoms with E-state index >= 15 is 0 Å². The van der Waals surface area contributed by atoms with Crippen molar-refractivity contribution in [1.29, 1.82) is 0 Å². The van der Waals surface area contributed by atoms with Gasteiger partial charge in [0.15, 0.2) is 5.78 Å². The minimum Gasteiger partial charge on any atom is -0.364 e. The number of hydrogen-bond acceptors (Lipinski definition) is 4. The molecule has 5 heteroatoms. The van der Waals surface area contributed by atoms with Crippen molar-refractivity contribution in [2.24, 2.45) is 11.8 Å². The summed E-state index contributed by atoms with van der Waals surface area (Å²) in [6.07, 6.45) is 2.56. The molecular weight excluding hydrogens is 316 g/mol. The second-order valence-electron chi connectivity index (χ2n) is 7.53. The van der Waals surface area contributed by atoms with Gasteiger partial charge in [-0.2, -0.15) is 0 Å². The van der Waals surface area contributed by atoms with E-state index in [2.05, 4.69) is 19.3 Å². The maximum absolute atomic E-state index is 13.1. The summed E-state index contributed by atoms with van der Waals surface area (Å²) in [5.41, 5.74) is 4.20. The number of fused-ring (bicyclic) bond motifs is 1. The molecule has 3 atom stereocenters. The summed E-state index contributed by atoms with van der Waals surface area (Å²) < 4.78 is 6.00. The fourth-order valence-corrected chi connectivity index (χ4v) is 3.83. The molecule has 1 N–H and O–H groups in total. The van der Waals surface area contributed by atoms with Gasteiger partial charge in [0.2, 0.25) is 0 Å². The summed E-state index contributed by atoms with van der Waals surface area (Å²) in [6.45, 7) is 5.31. The molecule has 1 aromatic rings. The van der Waals surface area contributed by atoms with Gasteiger partial charge in [0.25, 0.3) is 5.91 Å². The van der Waals surface area contributed by atoms with Gasteiger partial charge in [0.05, 0.1) is 6.61 Å². The third-order valence-electron chi connectivity index (χ3n) is 5.11. The Hall–Kier alpha value is -1.72. The van der Waals surface area contributed by atoms with Crippen LogP contribution >= 0.6 is 0 Å². The van der Waals surface area contributed by atoms with Crippen molar-refractivity contribution < 1.29 is 14.3 Å². The molecule has 0 bridgehead atoms. The molecular formula is C20H28N2O3. The van der Waals surface area contributed by atoms with Crippen molar-refractivity contribution in [2.75, 3.05) is 6.54 Å². The van der Waals surface area contributed by atoms with Crippen LogP contribution in [0.2, 0.25) is 0 Å².